The van der Waals surface area contributed by atoms with Gasteiger partial charge >= 0.3 is 12.1 Å². The van der Waals surface area contributed by atoms with Crippen molar-refractivity contribution in [2.75, 3.05) is 6.54 Å². The molecule has 0 heterocycles. The largest absolute Gasteiger partial charge is 0.471 e. The Labute approximate surface area is 90.8 Å². The van der Waals surface area contributed by atoms with Crippen molar-refractivity contribution < 1.29 is 18.0 Å². The van der Waals surface area contributed by atoms with Crippen molar-refractivity contribution in [3.8, 4) is 0 Å². The lowest BCUT2D eigenvalue weighted by Gasteiger charge is -2.04. The molecule has 0 fully saturated rings. The molecule has 0 unspecified atom stereocenters. The maximum Gasteiger partial charge on any atom is 0.471 e. The quantitative estimate of drug-likeness (QED) is 0.847. The molecule has 0 bridgehead atoms. The van der Waals surface area contributed by atoms with Crippen LogP contribution in [0.25, 0.3) is 6.08 Å². The van der Waals surface area contributed by atoms with E-state index in [4.69, 9.17) is 0 Å². The number of halogens is 3. The third-order valence-electron chi connectivity index (χ3n) is 1.75. The molecule has 2 nitrogen and oxygen atoms in total. The van der Waals surface area contributed by atoms with E-state index in [-0.39, 0.29) is 6.54 Å². The maximum atomic E-state index is 11.8. The normalized spacial score (nSPS) is 11.7. The van der Waals surface area contributed by atoms with Crippen molar-refractivity contribution >= 4 is 12.0 Å². The summed E-state index contributed by atoms with van der Waals surface area (Å²) >= 11 is 0. The van der Waals surface area contributed by atoms with Gasteiger partial charge < -0.3 is 5.32 Å². The molecular formula is C11H10F3NO. The predicted octanol–water partition coefficient (Wildman–Crippen LogP) is 2.38. The number of hydrogen-bond acceptors (Lipinski definition) is 1. The van der Waals surface area contributed by atoms with Gasteiger partial charge in [-0.3, -0.25) is 4.79 Å². The van der Waals surface area contributed by atoms with Gasteiger partial charge in [-0.05, 0) is 5.56 Å². The zero-order valence-electron chi connectivity index (χ0n) is 8.29. The highest BCUT2D eigenvalue weighted by Gasteiger charge is 2.37. The van der Waals surface area contributed by atoms with Crippen molar-refractivity contribution in [1.82, 2.24) is 5.32 Å². The van der Waals surface area contributed by atoms with Gasteiger partial charge in [0.25, 0.3) is 0 Å². The van der Waals surface area contributed by atoms with Gasteiger partial charge in [0.1, 0.15) is 0 Å². The van der Waals surface area contributed by atoms with E-state index in [2.05, 4.69) is 0 Å². The Kier molecular flexibility index (Phi) is 4.10. The van der Waals surface area contributed by atoms with Crippen LogP contribution in [0.3, 0.4) is 0 Å². The number of hydrogen-bond donors (Lipinski definition) is 1. The fraction of sp³-hybridized carbons (Fsp3) is 0.182. The molecule has 5 heteroatoms. The number of carbonyl (C=O) groups is 1. The van der Waals surface area contributed by atoms with Crippen LogP contribution in [0.2, 0.25) is 0 Å². The second kappa shape index (κ2) is 5.34. The molecule has 0 aliphatic carbocycles. The van der Waals surface area contributed by atoms with Gasteiger partial charge in [-0.1, -0.05) is 42.5 Å². The van der Waals surface area contributed by atoms with Crippen molar-refractivity contribution in [2.45, 2.75) is 6.18 Å². The zero-order chi connectivity index (χ0) is 12.0. The summed E-state index contributed by atoms with van der Waals surface area (Å²) in [7, 11) is 0. The molecular weight excluding hydrogens is 219 g/mol. The van der Waals surface area contributed by atoms with E-state index in [0.717, 1.165) is 5.56 Å². The summed E-state index contributed by atoms with van der Waals surface area (Å²) in [6.45, 7) is -0.146. The molecule has 16 heavy (non-hydrogen) atoms. The van der Waals surface area contributed by atoms with Crippen LogP contribution in [0.4, 0.5) is 13.2 Å². The van der Waals surface area contributed by atoms with E-state index in [9.17, 15) is 18.0 Å². The molecule has 0 saturated carbocycles. The Morgan fingerprint density at radius 3 is 2.44 bits per heavy atom. The molecule has 86 valence electrons. The van der Waals surface area contributed by atoms with Crippen molar-refractivity contribution in [2.24, 2.45) is 0 Å². The van der Waals surface area contributed by atoms with Crippen LogP contribution in [0.15, 0.2) is 36.4 Å². The van der Waals surface area contributed by atoms with E-state index < -0.39 is 12.1 Å². The molecule has 0 saturated heterocycles. The van der Waals surface area contributed by atoms with Crippen LogP contribution in [0, 0.1) is 0 Å². The Morgan fingerprint density at radius 1 is 1.25 bits per heavy atom. The first-order valence-corrected chi connectivity index (χ1v) is 4.57. The molecule has 0 atom stereocenters. The molecule has 1 aromatic carbocycles. The second-order valence-electron chi connectivity index (χ2n) is 3.02. The maximum absolute atomic E-state index is 11.8. The highest BCUT2D eigenvalue weighted by atomic mass is 19.4. The van der Waals surface area contributed by atoms with Crippen molar-refractivity contribution in [3.63, 3.8) is 0 Å². The lowest BCUT2D eigenvalue weighted by atomic mass is 10.2. The third kappa shape index (κ3) is 4.16. The van der Waals surface area contributed by atoms with Gasteiger partial charge in [0.15, 0.2) is 0 Å². The van der Waals surface area contributed by atoms with E-state index in [1.165, 1.54) is 6.08 Å². The number of benzene rings is 1. The molecule has 0 spiro atoms. The van der Waals surface area contributed by atoms with Crippen LogP contribution < -0.4 is 5.32 Å². The van der Waals surface area contributed by atoms with Crippen molar-refractivity contribution in [1.29, 1.82) is 0 Å². The fourth-order valence-corrected chi connectivity index (χ4v) is 1.01. The number of nitrogens with one attached hydrogen (secondary N) is 1. The van der Waals surface area contributed by atoms with E-state index in [1.807, 2.05) is 30.3 Å². The first-order valence-electron chi connectivity index (χ1n) is 4.57. The molecule has 1 aromatic rings. The standard InChI is InChI=1S/C11H10F3NO/c12-11(13,14)10(16)15-8-4-7-9-5-2-1-3-6-9/h1-7H,8H2,(H,15,16)/b7-4+. The van der Waals surface area contributed by atoms with Gasteiger partial charge in [0, 0.05) is 6.54 Å². The molecule has 1 amide bonds. The van der Waals surface area contributed by atoms with E-state index in [0.29, 0.717) is 0 Å². The molecule has 0 aromatic heterocycles. The van der Waals surface area contributed by atoms with Crippen LogP contribution in [-0.4, -0.2) is 18.6 Å². The van der Waals surface area contributed by atoms with E-state index in [1.54, 1.807) is 11.4 Å². The summed E-state index contributed by atoms with van der Waals surface area (Å²) in [6.07, 6.45) is -1.73. The fourth-order valence-electron chi connectivity index (χ4n) is 1.01. The smallest absolute Gasteiger partial charge is 0.345 e. The minimum absolute atomic E-state index is 0.146. The average molecular weight is 229 g/mol. The summed E-state index contributed by atoms with van der Waals surface area (Å²) in [4.78, 5) is 10.4. The Morgan fingerprint density at radius 2 is 1.88 bits per heavy atom. The minimum Gasteiger partial charge on any atom is -0.345 e. The van der Waals surface area contributed by atoms with Crippen LogP contribution in [0.5, 0.6) is 0 Å². The lowest BCUT2D eigenvalue weighted by molar-refractivity contribution is -0.173. The lowest BCUT2D eigenvalue weighted by Crippen LogP contribution is -2.36. The number of amides is 1. The molecule has 0 aliphatic heterocycles. The van der Waals surface area contributed by atoms with Crippen molar-refractivity contribution in [3.05, 3.63) is 42.0 Å². The van der Waals surface area contributed by atoms with Gasteiger partial charge in [-0.2, -0.15) is 13.2 Å². The monoisotopic (exact) mass is 229 g/mol. The molecule has 0 aliphatic rings. The first-order chi connectivity index (χ1) is 7.50. The number of carbonyl (C=O) groups excluding carboxylic acids is 1. The number of rotatable bonds is 3. The Bertz CT molecular complexity index is 371. The third-order valence-corrected chi connectivity index (χ3v) is 1.75. The summed E-state index contributed by atoms with van der Waals surface area (Å²) in [5, 5.41) is 1.74. The zero-order valence-corrected chi connectivity index (χ0v) is 8.29. The first kappa shape index (κ1) is 12.3. The molecule has 1 N–H and O–H groups in total. The van der Waals surface area contributed by atoms with Gasteiger partial charge in [-0.15, -0.1) is 0 Å². The summed E-state index contributed by atoms with van der Waals surface area (Å²) < 4.78 is 35.3. The number of alkyl halides is 3. The Balaban J connectivity index is 2.37. The molecule has 0 radical (unpaired) electrons. The molecule has 1 rings (SSSR count). The van der Waals surface area contributed by atoms with Crippen LogP contribution >= 0.6 is 0 Å². The highest BCUT2D eigenvalue weighted by Crippen LogP contribution is 2.13. The summed E-state index contributed by atoms with van der Waals surface area (Å²) in [6, 6.07) is 9.08. The summed E-state index contributed by atoms with van der Waals surface area (Å²) in [5.41, 5.74) is 0.865. The van der Waals surface area contributed by atoms with E-state index >= 15 is 0 Å². The summed E-state index contributed by atoms with van der Waals surface area (Å²) in [5.74, 6) is -1.93. The van der Waals surface area contributed by atoms with Gasteiger partial charge in [0.2, 0.25) is 0 Å². The topological polar surface area (TPSA) is 29.1 Å². The second-order valence-corrected chi connectivity index (χ2v) is 3.02. The van der Waals surface area contributed by atoms with Crippen LogP contribution in [-0.2, 0) is 4.79 Å². The van der Waals surface area contributed by atoms with Gasteiger partial charge in [-0.25, -0.2) is 0 Å². The minimum atomic E-state index is -4.82. The van der Waals surface area contributed by atoms with Gasteiger partial charge in [0.05, 0.1) is 0 Å². The van der Waals surface area contributed by atoms with Crippen LogP contribution in [0.1, 0.15) is 5.56 Å². The average Bonchev–Trinajstić information content (AvgIpc) is 2.24. The highest BCUT2D eigenvalue weighted by molar-refractivity contribution is 5.81. The SMILES string of the molecule is O=C(NC/C=C/c1ccccc1)C(F)(F)F. The Hall–Kier alpha value is -1.78. The predicted molar refractivity (Wildman–Crippen MR) is 54.5 cm³/mol.